The third-order valence-electron chi connectivity index (χ3n) is 4.22. The molecule has 5 heteroatoms. The van der Waals surface area contributed by atoms with Gasteiger partial charge in [-0.3, -0.25) is 4.79 Å². The molecule has 2 aliphatic rings. The van der Waals surface area contributed by atoms with Crippen LogP contribution in [0.2, 0.25) is 10.0 Å². The van der Waals surface area contributed by atoms with Crippen molar-refractivity contribution < 1.29 is 9.53 Å². The van der Waals surface area contributed by atoms with Crippen LogP contribution in [0.1, 0.15) is 12.8 Å². The van der Waals surface area contributed by atoms with E-state index < -0.39 is 0 Å². The Morgan fingerprint density at radius 3 is 2.48 bits per heavy atom. The van der Waals surface area contributed by atoms with E-state index in [0.29, 0.717) is 27.6 Å². The number of allylic oxidation sites excluding steroid dienone is 2. The molecule has 0 saturated carbocycles. The normalized spacial score (nSPS) is 24.0. The fourth-order valence-corrected chi connectivity index (χ4v) is 3.50. The molecular formula is C16H17Cl2NO2. The minimum atomic E-state index is 0.0220. The lowest BCUT2D eigenvalue weighted by molar-refractivity contribution is -0.132. The second-order valence-corrected chi connectivity index (χ2v) is 6.47. The van der Waals surface area contributed by atoms with Crippen molar-refractivity contribution >= 4 is 29.1 Å². The van der Waals surface area contributed by atoms with Gasteiger partial charge in [-0.15, -0.1) is 0 Å². The Bertz CT molecular complexity index is 557. The quantitative estimate of drug-likeness (QED) is 0.791. The number of carbonyl (C=O) groups excluding carboxylic acids is 1. The summed E-state index contributed by atoms with van der Waals surface area (Å²) in [4.78, 5) is 14.2. The molecule has 0 aromatic heterocycles. The Morgan fingerprint density at radius 2 is 1.86 bits per heavy atom. The first-order valence-corrected chi connectivity index (χ1v) is 7.89. The maximum atomic E-state index is 12.3. The zero-order valence-corrected chi connectivity index (χ0v) is 13.1. The molecule has 1 aromatic carbocycles. The van der Waals surface area contributed by atoms with Crippen LogP contribution in [0, 0.1) is 11.8 Å². The molecule has 1 saturated heterocycles. The van der Waals surface area contributed by atoms with Crippen LogP contribution in [0.15, 0.2) is 30.4 Å². The van der Waals surface area contributed by atoms with Crippen molar-refractivity contribution in [1.82, 2.24) is 4.90 Å². The molecule has 0 bridgehead atoms. The monoisotopic (exact) mass is 325 g/mol. The number of fused-ring (bicyclic) bond motifs is 1. The van der Waals surface area contributed by atoms with E-state index in [1.54, 1.807) is 18.2 Å². The summed E-state index contributed by atoms with van der Waals surface area (Å²) in [6.45, 7) is 1.70. The summed E-state index contributed by atoms with van der Waals surface area (Å²) in [5.74, 6) is 1.74. The van der Waals surface area contributed by atoms with Gasteiger partial charge in [0.25, 0.3) is 5.91 Å². The second kappa shape index (κ2) is 6.29. The van der Waals surface area contributed by atoms with Gasteiger partial charge in [0.15, 0.2) is 6.61 Å². The number of nitrogens with zero attached hydrogens (tertiary/aromatic N) is 1. The van der Waals surface area contributed by atoms with E-state index in [1.165, 1.54) is 0 Å². The lowest BCUT2D eigenvalue weighted by Crippen LogP contribution is -2.33. The van der Waals surface area contributed by atoms with Gasteiger partial charge in [0.2, 0.25) is 0 Å². The molecule has 0 N–H and O–H groups in total. The van der Waals surface area contributed by atoms with Crippen molar-refractivity contribution in [3.63, 3.8) is 0 Å². The van der Waals surface area contributed by atoms with E-state index in [4.69, 9.17) is 27.9 Å². The van der Waals surface area contributed by atoms with Crippen LogP contribution in [0.4, 0.5) is 0 Å². The average Bonchev–Trinajstić information content (AvgIpc) is 2.90. The zero-order chi connectivity index (χ0) is 14.8. The van der Waals surface area contributed by atoms with Crippen LogP contribution in [-0.4, -0.2) is 30.5 Å². The molecule has 0 spiro atoms. The number of ether oxygens (including phenoxy) is 1. The highest BCUT2D eigenvalue weighted by Gasteiger charge is 2.35. The molecule has 1 aliphatic carbocycles. The fourth-order valence-electron chi connectivity index (χ4n) is 3.04. The van der Waals surface area contributed by atoms with Gasteiger partial charge in [-0.2, -0.15) is 0 Å². The van der Waals surface area contributed by atoms with Crippen LogP contribution >= 0.6 is 23.2 Å². The Morgan fingerprint density at radius 1 is 1.19 bits per heavy atom. The highest BCUT2D eigenvalue weighted by Crippen LogP contribution is 2.33. The topological polar surface area (TPSA) is 29.5 Å². The summed E-state index contributed by atoms with van der Waals surface area (Å²) in [5, 5.41) is 0.976. The summed E-state index contributed by atoms with van der Waals surface area (Å²) in [5.41, 5.74) is 0. The molecule has 1 fully saturated rings. The summed E-state index contributed by atoms with van der Waals surface area (Å²) in [6, 6.07) is 4.99. The molecule has 0 radical (unpaired) electrons. The average molecular weight is 326 g/mol. The maximum absolute atomic E-state index is 12.3. The maximum Gasteiger partial charge on any atom is 0.260 e. The van der Waals surface area contributed by atoms with E-state index >= 15 is 0 Å². The lowest BCUT2D eigenvalue weighted by Gasteiger charge is -2.17. The van der Waals surface area contributed by atoms with Crippen molar-refractivity contribution in [3.8, 4) is 5.75 Å². The number of carbonyl (C=O) groups is 1. The fraction of sp³-hybridized carbons (Fsp3) is 0.438. The van der Waals surface area contributed by atoms with Gasteiger partial charge in [0.1, 0.15) is 5.75 Å². The molecule has 2 atom stereocenters. The Hall–Kier alpha value is -1.19. The summed E-state index contributed by atoms with van der Waals surface area (Å²) >= 11 is 11.9. The van der Waals surface area contributed by atoms with Gasteiger partial charge in [0.05, 0.1) is 5.02 Å². The third kappa shape index (κ3) is 3.35. The number of benzene rings is 1. The van der Waals surface area contributed by atoms with E-state index in [9.17, 15) is 4.79 Å². The predicted octanol–water partition coefficient (Wildman–Crippen LogP) is 3.80. The molecule has 112 valence electrons. The van der Waals surface area contributed by atoms with E-state index in [-0.39, 0.29) is 12.5 Å². The van der Waals surface area contributed by atoms with E-state index in [0.717, 1.165) is 25.9 Å². The molecule has 21 heavy (non-hydrogen) atoms. The predicted molar refractivity (Wildman–Crippen MR) is 83.9 cm³/mol. The van der Waals surface area contributed by atoms with Crippen molar-refractivity contribution in [3.05, 3.63) is 40.4 Å². The molecule has 2 unspecified atom stereocenters. The summed E-state index contributed by atoms with van der Waals surface area (Å²) < 4.78 is 5.52. The number of rotatable bonds is 3. The Balaban J connectivity index is 1.55. The first kappa shape index (κ1) is 14.7. The van der Waals surface area contributed by atoms with Gasteiger partial charge >= 0.3 is 0 Å². The van der Waals surface area contributed by atoms with E-state index in [1.807, 2.05) is 4.90 Å². The van der Waals surface area contributed by atoms with Gasteiger partial charge < -0.3 is 9.64 Å². The molecular weight excluding hydrogens is 309 g/mol. The largest absolute Gasteiger partial charge is 0.482 e. The van der Waals surface area contributed by atoms with Gasteiger partial charge in [-0.25, -0.2) is 0 Å². The van der Waals surface area contributed by atoms with Crippen LogP contribution < -0.4 is 4.74 Å². The molecule has 1 amide bonds. The smallest absolute Gasteiger partial charge is 0.260 e. The van der Waals surface area contributed by atoms with Crippen molar-refractivity contribution in [2.45, 2.75) is 12.8 Å². The minimum Gasteiger partial charge on any atom is -0.482 e. The highest BCUT2D eigenvalue weighted by atomic mass is 35.5. The SMILES string of the molecule is O=C(COc1ccc(Cl)cc1Cl)N1CC2CC=CCC2C1. The summed E-state index contributed by atoms with van der Waals surface area (Å²) in [6.07, 6.45) is 6.61. The molecule has 3 rings (SSSR count). The second-order valence-electron chi connectivity index (χ2n) is 5.63. The molecule has 1 aromatic rings. The van der Waals surface area contributed by atoms with E-state index in [2.05, 4.69) is 12.2 Å². The lowest BCUT2D eigenvalue weighted by atomic mass is 9.86. The van der Waals surface area contributed by atoms with Crippen LogP contribution in [0.5, 0.6) is 5.75 Å². The van der Waals surface area contributed by atoms with Crippen molar-refractivity contribution in [1.29, 1.82) is 0 Å². The number of likely N-dealkylation sites (tertiary alicyclic amines) is 1. The molecule has 1 heterocycles. The standard InChI is InChI=1S/C16H17Cl2NO2/c17-13-5-6-15(14(18)7-13)21-10-16(20)19-8-11-3-1-2-4-12(11)9-19/h1-2,5-7,11-12H,3-4,8-10H2. The molecule has 3 nitrogen and oxygen atoms in total. The minimum absolute atomic E-state index is 0.0220. The Labute approximate surface area is 134 Å². The van der Waals surface area contributed by atoms with Crippen molar-refractivity contribution in [2.75, 3.05) is 19.7 Å². The number of hydrogen-bond acceptors (Lipinski definition) is 2. The van der Waals surface area contributed by atoms with Gasteiger partial charge in [-0.1, -0.05) is 35.4 Å². The molecule has 1 aliphatic heterocycles. The zero-order valence-electron chi connectivity index (χ0n) is 11.6. The third-order valence-corrected chi connectivity index (χ3v) is 4.75. The van der Waals surface area contributed by atoms with Gasteiger partial charge in [-0.05, 0) is 42.9 Å². The summed E-state index contributed by atoms with van der Waals surface area (Å²) in [7, 11) is 0. The van der Waals surface area contributed by atoms with Crippen LogP contribution in [-0.2, 0) is 4.79 Å². The van der Waals surface area contributed by atoms with Crippen LogP contribution in [0.25, 0.3) is 0 Å². The first-order chi connectivity index (χ1) is 10.1. The van der Waals surface area contributed by atoms with Gasteiger partial charge in [0, 0.05) is 18.1 Å². The number of hydrogen-bond donors (Lipinski definition) is 0. The number of amides is 1. The van der Waals surface area contributed by atoms with Crippen LogP contribution in [0.3, 0.4) is 0 Å². The number of halogens is 2. The first-order valence-electron chi connectivity index (χ1n) is 7.14. The Kier molecular flexibility index (Phi) is 4.41. The van der Waals surface area contributed by atoms with Crippen molar-refractivity contribution in [2.24, 2.45) is 11.8 Å². The highest BCUT2D eigenvalue weighted by molar-refractivity contribution is 6.35.